The third kappa shape index (κ3) is 4.21. The average molecular weight is 298 g/mol. The molecule has 0 aliphatic heterocycles. The molecule has 6 heteroatoms. The highest BCUT2D eigenvalue weighted by Crippen LogP contribution is 2.22. The van der Waals surface area contributed by atoms with E-state index in [0.29, 0.717) is 22.8 Å². The fourth-order valence-corrected chi connectivity index (χ4v) is 1.73. The number of amides is 2. The van der Waals surface area contributed by atoms with Gasteiger partial charge in [-0.05, 0) is 32.0 Å². The monoisotopic (exact) mass is 297 g/mol. The molecule has 5 nitrogen and oxygen atoms in total. The van der Waals surface area contributed by atoms with Gasteiger partial charge >= 0.3 is 0 Å². The van der Waals surface area contributed by atoms with E-state index >= 15 is 0 Å². The van der Waals surface area contributed by atoms with Crippen molar-refractivity contribution in [2.45, 2.75) is 26.8 Å². The first kappa shape index (κ1) is 16.5. The topological polar surface area (TPSA) is 84.2 Å². The number of hydrogen-bond donors (Lipinski definition) is 3. The lowest BCUT2D eigenvalue weighted by Gasteiger charge is -2.17. The van der Waals surface area contributed by atoms with Crippen molar-refractivity contribution in [1.82, 2.24) is 5.32 Å². The highest BCUT2D eigenvalue weighted by Gasteiger charge is 2.20. The normalized spacial score (nSPS) is 13.4. The maximum absolute atomic E-state index is 12.0. The van der Waals surface area contributed by atoms with Gasteiger partial charge in [-0.2, -0.15) is 0 Å². The third-order valence-electron chi connectivity index (χ3n) is 3.02. The summed E-state index contributed by atoms with van der Waals surface area (Å²) in [6.45, 7) is 5.82. The first-order valence-electron chi connectivity index (χ1n) is 6.51. The first-order valence-corrected chi connectivity index (χ1v) is 6.88. The molecule has 0 aliphatic carbocycles. The Hall–Kier alpha value is -1.59. The molecule has 110 valence electrons. The summed E-state index contributed by atoms with van der Waals surface area (Å²) in [7, 11) is 0. The summed E-state index contributed by atoms with van der Waals surface area (Å²) in [5.74, 6) is -0.864. The summed E-state index contributed by atoms with van der Waals surface area (Å²) < 4.78 is 0. The van der Waals surface area contributed by atoms with E-state index in [-0.39, 0.29) is 23.8 Å². The van der Waals surface area contributed by atoms with E-state index in [0.717, 1.165) is 0 Å². The van der Waals surface area contributed by atoms with E-state index in [9.17, 15) is 9.59 Å². The SMILES string of the molecule is CCNC(=O)c1ccc(Cl)cc1NC(=O)C(C)C(C)N. The molecule has 0 saturated carbocycles. The zero-order chi connectivity index (χ0) is 15.3. The second kappa shape index (κ2) is 7.26. The van der Waals surface area contributed by atoms with Crippen molar-refractivity contribution >= 4 is 29.1 Å². The molecule has 1 aromatic rings. The van der Waals surface area contributed by atoms with Crippen molar-refractivity contribution in [2.75, 3.05) is 11.9 Å². The van der Waals surface area contributed by atoms with E-state index in [1.165, 1.54) is 0 Å². The molecule has 2 amide bonds. The molecule has 0 spiro atoms. The van der Waals surface area contributed by atoms with Crippen LogP contribution in [0.25, 0.3) is 0 Å². The minimum Gasteiger partial charge on any atom is -0.352 e. The molecule has 0 aliphatic rings. The number of rotatable bonds is 5. The minimum absolute atomic E-state index is 0.243. The van der Waals surface area contributed by atoms with Crippen LogP contribution in [0.3, 0.4) is 0 Å². The Balaban J connectivity index is 3.01. The smallest absolute Gasteiger partial charge is 0.253 e. The fourth-order valence-electron chi connectivity index (χ4n) is 1.56. The summed E-state index contributed by atoms with van der Waals surface area (Å²) >= 11 is 5.92. The van der Waals surface area contributed by atoms with Gasteiger partial charge in [0.2, 0.25) is 5.91 Å². The number of hydrogen-bond acceptors (Lipinski definition) is 3. The van der Waals surface area contributed by atoms with Crippen LogP contribution in [-0.2, 0) is 4.79 Å². The van der Waals surface area contributed by atoms with Gasteiger partial charge < -0.3 is 16.4 Å². The number of carbonyl (C=O) groups is 2. The molecule has 4 N–H and O–H groups in total. The molecule has 1 aromatic carbocycles. The van der Waals surface area contributed by atoms with Gasteiger partial charge in [0.25, 0.3) is 5.91 Å². The van der Waals surface area contributed by atoms with E-state index in [4.69, 9.17) is 17.3 Å². The molecule has 0 bridgehead atoms. The van der Waals surface area contributed by atoms with Gasteiger partial charge in [0.15, 0.2) is 0 Å². The van der Waals surface area contributed by atoms with Crippen molar-refractivity contribution in [3.8, 4) is 0 Å². The van der Waals surface area contributed by atoms with E-state index in [1.807, 2.05) is 6.92 Å². The van der Waals surface area contributed by atoms with Gasteiger partial charge in [-0.25, -0.2) is 0 Å². The molecule has 0 fully saturated rings. The molecular weight excluding hydrogens is 278 g/mol. The van der Waals surface area contributed by atoms with E-state index in [2.05, 4.69) is 10.6 Å². The molecule has 2 atom stereocenters. The standard InChI is InChI=1S/C14H20ClN3O2/c1-4-17-14(20)11-6-5-10(15)7-12(11)18-13(19)8(2)9(3)16/h5-9H,4,16H2,1-3H3,(H,17,20)(H,18,19). The number of benzene rings is 1. The van der Waals surface area contributed by atoms with Crippen LogP contribution in [0.1, 0.15) is 31.1 Å². The van der Waals surface area contributed by atoms with Gasteiger partial charge in [-0.15, -0.1) is 0 Å². The number of nitrogens with one attached hydrogen (secondary N) is 2. The lowest BCUT2D eigenvalue weighted by Crippen LogP contribution is -2.35. The highest BCUT2D eigenvalue weighted by atomic mass is 35.5. The quantitative estimate of drug-likeness (QED) is 0.777. The van der Waals surface area contributed by atoms with E-state index in [1.54, 1.807) is 32.0 Å². The fraction of sp³-hybridized carbons (Fsp3) is 0.429. The molecule has 0 radical (unpaired) electrons. The lowest BCUT2D eigenvalue weighted by atomic mass is 10.0. The van der Waals surface area contributed by atoms with Crippen LogP contribution in [-0.4, -0.2) is 24.4 Å². The Morgan fingerprint density at radius 2 is 2.00 bits per heavy atom. The third-order valence-corrected chi connectivity index (χ3v) is 3.26. The summed E-state index contributed by atoms with van der Waals surface area (Å²) in [5, 5.41) is 5.84. The second-order valence-electron chi connectivity index (χ2n) is 4.69. The molecular formula is C14H20ClN3O2. The molecule has 0 aromatic heterocycles. The van der Waals surface area contributed by atoms with Crippen molar-refractivity contribution < 1.29 is 9.59 Å². The van der Waals surface area contributed by atoms with Crippen LogP contribution in [0.4, 0.5) is 5.69 Å². The molecule has 0 heterocycles. The Bertz CT molecular complexity index is 503. The van der Waals surface area contributed by atoms with Crippen molar-refractivity contribution in [3.05, 3.63) is 28.8 Å². The van der Waals surface area contributed by atoms with Gasteiger partial charge in [0, 0.05) is 17.6 Å². The number of carbonyl (C=O) groups excluding carboxylic acids is 2. The first-order chi connectivity index (χ1) is 9.36. The number of anilines is 1. The van der Waals surface area contributed by atoms with Gasteiger partial charge in [-0.3, -0.25) is 9.59 Å². The Morgan fingerprint density at radius 3 is 2.55 bits per heavy atom. The van der Waals surface area contributed by atoms with Crippen LogP contribution in [0, 0.1) is 5.92 Å². The van der Waals surface area contributed by atoms with Crippen LogP contribution in [0.15, 0.2) is 18.2 Å². The molecule has 20 heavy (non-hydrogen) atoms. The largest absolute Gasteiger partial charge is 0.352 e. The van der Waals surface area contributed by atoms with Gasteiger partial charge in [0.1, 0.15) is 0 Å². The van der Waals surface area contributed by atoms with Crippen LogP contribution in [0.5, 0.6) is 0 Å². The van der Waals surface area contributed by atoms with Crippen LogP contribution < -0.4 is 16.4 Å². The van der Waals surface area contributed by atoms with Gasteiger partial charge in [0.05, 0.1) is 17.2 Å². The highest BCUT2D eigenvalue weighted by molar-refractivity contribution is 6.31. The Morgan fingerprint density at radius 1 is 1.35 bits per heavy atom. The van der Waals surface area contributed by atoms with Crippen molar-refractivity contribution in [1.29, 1.82) is 0 Å². The van der Waals surface area contributed by atoms with Crippen molar-refractivity contribution in [2.24, 2.45) is 11.7 Å². The van der Waals surface area contributed by atoms with E-state index < -0.39 is 0 Å². The van der Waals surface area contributed by atoms with Crippen LogP contribution in [0.2, 0.25) is 5.02 Å². The molecule has 0 saturated heterocycles. The summed E-state index contributed by atoms with van der Waals surface area (Å²) in [6.07, 6.45) is 0. The summed E-state index contributed by atoms with van der Waals surface area (Å²) in [6, 6.07) is 4.47. The Kier molecular flexibility index (Phi) is 5.98. The lowest BCUT2D eigenvalue weighted by molar-refractivity contribution is -0.119. The predicted molar refractivity (Wildman–Crippen MR) is 80.9 cm³/mol. The number of halogens is 1. The maximum atomic E-state index is 12.0. The predicted octanol–water partition coefficient (Wildman–Crippen LogP) is 2.01. The zero-order valence-electron chi connectivity index (χ0n) is 11.9. The summed E-state index contributed by atoms with van der Waals surface area (Å²) in [5.41, 5.74) is 6.47. The van der Waals surface area contributed by atoms with Crippen LogP contribution >= 0.6 is 11.6 Å². The maximum Gasteiger partial charge on any atom is 0.253 e. The summed E-state index contributed by atoms with van der Waals surface area (Å²) in [4.78, 5) is 24.0. The molecule has 1 rings (SSSR count). The zero-order valence-corrected chi connectivity index (χ0v) is 12.6. The van der Waals surface area contributed by atoms with Crippen molar-refractivity contribution in [3.63, 3.8) is 0 Å². The second-order valence-corrected chi connectivity index (χ2v) is 5.12. The average Bonchev–Trinajstić information content (AvgIpc) is 2.37. The number of nitrogens with two attached hydrogens (primary N) is 1. The van der Waals surface area contributed by atoms with Gasteiger partial charge in [-0.1, -0.05) is 18.5 Å². The molecule has 2 unspecified atom stereocenters. The minimum atomic E-state index is -0.365. The Labute approximate surface area is 123 Å².